The molecule has 3 nitrogen and oxygen atoms in total. The first-order valence-electron chi connectivity index (χ1n) is 10.1. The highest BCUT2D eigenvalue weighted by molar-refractivity contribution is 7.80. The van der Waals surface area contributed by atoms with Gasteiger partial charge in [-0.25, -0.2) is 4.99 Å². The predicted molar refractivity (Wildman–Crippen MR) is 128 cm³/mol. The van der Waals surface area contributed by atoms with Crippen LogP contribution in [0.25, 0.3) is 0 Å². The van der Waals surface area contributed by atoms with Crippen LogP contribution < -0.4 is 5.32 Å². The van der Waals surface area contributed by atoms with Gasteiger partial charge in [-0.15, -0.1) is 0 Å². The van der Waals surface area contributed by atoms with Crippen LogP contribution in [0, 0.1) is 0 Å². The van der Waals surface area contributed by atoms with Gasteiger partial charge in [-0.1, -0.05) is 85.0 Å². The van der Waals surface area contributed by atoms with E-state index in [9.17, 15) is 0 Å². The lowest BCUT2D eigenvalue weighted by atomic mass is 9.89. The van der Waals surface area contributed by atoms with Gasteiger partial charge in [0, 0.05) is 11.1 Å². The van der Waals surface area contributed by atoms with Gasteiger partial charge in [0.25, 0.3) is 0 Å². The smallest absolute Gasteiger partial charge is 0.112 e. The fourth-order valence-electron chi connectivity index (χ4n) is 3.52. The van der Waals surface area contributed by atoms with Gasteiger partial charge >= 0.3 is 0 Å². The summed E-state index contributed by atoms with van der Waals surface area (Å²) in [5.74, 6) is 0. The summed E-state index contributed by atoms with van der Waals surface area (Å²) >= 11 is 5.56. The van der Waals surface area contributed by atoms with Crippen molar-refractivity contribution in [2.24, 2.45) is 4.99 Å². The molecule has 3 aromatic carbocycles. The highest BCUT2D eigenvalue weighted by Crippen LogP contribution is 2.32. The summed E-state index contributed by atoms with van der Waals surface area (Å²) in [6, 6.07) is 28.8. The third-order valence-electron chi connectivity index (χ3n) is 5.48. The molecule has 1 N–H and O–H groups in total. The molecule has 0 radical (unpaired) electrons. The molecule has 1 saturated heterocycles. The quantitative estimate of drug-likeness (QED) is 0.433. The van der Waals surface area contributed by atoms with Gasteiger partial charge in [-0.3, -0.25) is 0 Å². The molecule has 1 heterocycles. The van der Waals surface area contributed by atoms with Crippen LogP contribution in [0.4, 0.5) is 5.69 Å². The number of benzene rings is 3. The van der Waals surface area contributed by atoms with Crippen molar-refractivity contribution < 1.29 is 4.74 Å². The molecule has 1 atom stereocenters. The first-order chi connectivity index (χ1) is 14.4. The molecule has 3 aromatic rings. The largest absolute Gasteiger partial charge is 0.366 e. The molecule has 152 valence electrons. The monoisotopic (exact) mass is 414 g/mol. The molecule has 0 aromatic heterocycles. The van der Waals surface area contributed by atoms with Gasteiger partial charge in [0.15, 0.2) is 0 Å². The van der Waals surface area contributed by atoms with Crippen LogP contribution in [0.1, 0.15) is 37.5 Å². The first-order valence-corrected chi connectivity index (χ1v) is 10.5. The third kappa shape index (κ3) is 4.20. The summed E-state index contributed by atoms with van der Waals surface area (Å²) in [5.41, 5.74) is 4.28. The fraction of sp³-hybridized carbons (Fsp3) is 0.231. The van der Waals surface area contributed by atoms with Gasteiger partial charge in [0.05, 0.1) is 23.5 Å². The van der Waals surface area contributed by atoms with E-state index in [1.807, 2.05) is 62.4 Å². The molecule has 0 aliphatic carbocycles. The first kappa shape index (κ1) is 20.5. The molecule has 0 spiro atoms. The molecular weight excluding hydrogens is 388 g/mol. The SMILES string of the molecule is CC1(C)OCC(C)(c2cccc(N=C(c3ccccc3)c3ccccc3)c2)NC1=S. The van der Waals surface area contributed by atoms with E-state index in [1.54, 1.807) is 0 Å². The van der Waals surface area contributed by atoms with Crippen molar-refractivity contribution in [2.75, 3.05) is 6.61 Å². The van der Waals surface area contributed by atoms with E-state index in [0.29, 0.717) is 6.61 Å². The normalized spacial score (nSPS) is 20.3. The summed E-state index contributed by atoms with van der Waals surface area (Å²) in [4.78, 5) is 5.77. The van der Waals surface area contributed by atoms with Crippen molar-refractivity contribution in [3.05, 3.63) is 102 Å². The minimum atomic E-state index is -0.446. The number of aliphatic imine (C=N–C) groups is 1. The van der Waals surface area contributed by atoms with Crippen LogP contribution in [0.3, 0.4) is 0 Å². The zero-order chi connectivity index (χ0) is 21.2. The van der Waals surface area contributed by atoms with Crippen LogP contribution in [0.5, 0.6) is 0 Å². The number of nitrogens with zero attached hydrogens (tertiary/aromatic N) is 1. The van der Waals surface area contributed by atoms with Crippen LogP contribution in [0.15, 0.2) is 89.9 Å². The molecule has 1 fully saturated rings. The summed E-state index contributed by atoms with van der Waals surface area (Å²) in [7, 11) is 0. The lowest BCUT2D eigenvalue weighted by Crippen LogP contribution is -2.59. The summed E-state index contributed by atoms with van der Waals surface area (Å²) < 4.78 is 6.07. The number of rotatable bonds is 4. The van der Waals surface area contributed by atoms with E-state index < -0.39 is 11.1 Å². The zero-order valence-electron chi connectivity index (χ0n) is 17.6. The van der Waals surface area contributed by atoms with E-state index in [4.69, 9.17) is 21.9 Å². The van der Waals surface area contributed by atoms with Crippen LogP contribution in [-0.2, 0) is 10.3 Å². The molecular formula is C26H26N2OS. The van der Waals surface area contributed by atoms with Crippen molar-refractivity contribution in [3.63, 3.8) is 0 Å². The molecule has 4 rings (SSSR count). The molecule has 0 bridgehead atoms. The fourth-order valence-corrected chi connectivity index (χ4v) is 3.80. The number of thiocarbonyl (C=S) groups is 1. The Morgan fingerprint density at radius 2 is 1.47 bits per heavy atom. The van der Waals surface area contributed by atoms with Crippen LogP contribution >= 0.6 is 12.2 Å². The number of hydrogen-bond acceptors (Lipinski definition) is 3. The molecule has 0 amide bonds. The van der Waals surface area contributed by atoms with E-state index in [0.717, 1.165) is 33.1 Å². The van der Waals surface area contributed by atoms with E-state index in [1.165, 1.54) is 0 Å². The summed E-state index contributed by atoms with van der Waals surface area (Å²) in [6.07, 6.45) is 0. The predicted octanol–water partition coefficient (Wildman–Crippen LogP) is 5.80. The maximum absolute atomic E-state index is 6.07. The minimum absolute atomic E-state index is 0.391. The Hall–Kier alpha value is -2.82. The van der Waals surface area contributed by atoms with Crippen molar-refractivity contribution in [2.45, 2.75) is 31.9 Å². The average Bonchev–Trinajstić information content (AvgIpc) is 2.77. The van der Waals surface area contributed by atoms with Crippen molar-refractivity contribution in [3.8, 4) is 0 Å². The topological polar surface area (TPSA) is 33.6 Å². The molecule has 30 heavy (non-hydrogen) atoms. The third-order valence-corrected chi connectivity index (χ3v) is 6.07. The molecule has 1 aliphatic rings. The second-order valence-electron chi connectivity index (χ2n) is 8.33. The Kier molecular flexibility index (Phi) is 5.54. The second-order valence-corrected chi connectivity index (χ2v) is 8.74. The number of nitrogens with one attached hydrogen (secondary N) is 1. The highest BCUT2D eigenvalue weighted by Gasteiger charge is 2.40. The van der Waals surface area contributed by atoms with Crippen molar-refractivity contribution >= 4 is 28.6 Å². The second kappa shape index (κ2) is 8.13. The lowest BCUT2D eigenvalue weighted by Gasteiger charge is -2.44. The lowest BCUT2D eigenvalue weighted by molar-refractivity contribution is -0.0216. The molecule has 1 unspecified atom stereocenters. The summed E-state index contributed by atoms with van der Waals surface area (Å²) in [6.45, 7) is 6.65. The Balaban J connectivity index is 1.74. The van der Waals surface area contributed by atoms with Gasteiger partial charge < -0.3 is 10.1 Å². The van der Waals surface area contributed by atoms with E-state index >= 15 is 0 Å². The molecule has 1 aliphatic heterocycles. The molecule has 0 saturated carbocycles. The maximum atomic E-state index is 6.07. The number of hydrogen-bond donors (Lipinski definition) is 1. The van der Waals surface area contributed by atoms with E-state index in [-0.39, 0.29) is 0 Å². The van der Waals surface area contributed by atoms with Crippen molar-refractivity contribution in [1.29, 1.82) is 0 Å². The van der Waals surface area contributed by atoms with E-state index in [2.05, 4.69) is 48.6 Å². The summed E-state index contributed by atoms with van der Waals surface area (Å²) in [5, 5.41) is 3.50. The molecule has 4 heteroatoms. The zero-order valence-corrected chi connectivity index (χ0v) is 18.4. The number of ether oxygens (including phenoxy) is 1. The average molecular weight is 415 g/mol. The van der Waals surface area contributed by atoms with Gasteiger partial charge in [0.1, 0.15) is 10.6 Å². The Labute approximate surface area is 183 Å². The van der Waals surface area contributed by atoms with Gasteiger partial charge in [-0.2, -0.15) is 0 Å². The Bertz CT molecular complexity index is 1030. The van der Waals surface area contributed by atoms with Crippen LogP contribution in [-0.4, -0.2) is 22.9 Å². The minimum Gasteiger partial charge on any atom is -0.366 e. The van der Waals surface area contributed by atoms with Gasteiger partial charge in [0.2, 0.25) is 0 Å². The Morgan fingerprint density at radius 3 is 2.03 bits per heavy atom. The van der Waals surface area contributed by atoms with Gasteiger partial charge in [-0.05, 0) is 38.5 Å². The van der Waals surface area contributed by atoms with Crippen molar-refractivity contribution in [1.82, 2.24) is 5.32 Å². The number of morpholine rings is 1. The Morgan fingerprint density at radius 1 is 0.867 bits per heavy atom. The highest BCUT2D eigenvalue weighted by atomic mass is 32.1. The maximum Gasteiger partial charge on any atom is 0.112 e. The van der Waals surface area contributed by atoms with Crippen LogP contribution in [0.2, 0.25) is 0 Å². The standard InChI is InChI=1S/C26H26N2OS/c1-25(2)24(30)28-26(3,18-29-25)21-15-10-16-22(17-21)27-23(19-11-6-4-7-12-19)20-13-8-5-9-14-20/h4-17H,18H2,1-3H3,(H,28,30).